The quantitative estimate of drug-likeness (QED) is 0.379. The smallest absolute Gasteiger partial charge is 0.343 e. The number of nitrogens with one attached hydrogen (secondary N) is 1. The normalized spacial score (nSPS) is 10.4. The molecule has 5 nitrogen and oxygen atoms in total. The number of carbonyl (C=O) groups excluding carboxylic acids is 2. The van der Waals surface area contributed by atoms with Gasteiger partial charge in [0, 0.05) is 6.54 Å². The van der Waals surface area contributed by atoms with Crippen LogP contribution < -0.4 is 14.8 Å². The highest BCUT2D eigenvalue weighted by molar-refractivity contribution is 5.95. The highest BCUT2D eigenvalue weighted by Gasteiger charge is 2.31. The minimum absolute atomic E-state index is 0.0203. The number of halogens is 4. The molecule has 1 N–H and O–H groups in total. The van der Waals surface area contributed by atoms with E-state index in [1.165, 1.54) is 38.3 Å². The van der Waals surface area contributed by atoms with Gasteiger partial charge in [0.05, 0.1) is 12.7 Å². The Labute approximate surface area is 145 Å². The molecule has 0 saturated carbocycles. The molecule has 0 atom stereocenters. The number of rotatable bonds is 5. The predicted octanol–water partition coefficient (Wildman–Crippen LogP) is 3.22. The van der Waals surface area contributed by atoms with Crippen LogP contribution in [-0.2, 0) is 0 Å². The van der Waals surface area contributed by atoms with Crippen LogP contribution in [0.2, 0.25) is 0 Å². The maximum absolute atomic E-state index is 14.1. The van der Waals surface area contributed by atoms with Gasteiger partial charge in [-0.25, -0.2) is 13.6 Å². The van der Waals surface area contributed by atoms with Crippen LogP contribution in [0.1, 0.15) is 27.6 Å². The van der Waals surface area contributed by atoms with Crippen LogP contribution in [0.5, 0.6) is 11.5 Å². The number of esters is 1. The highest BCUT2D eigenvalue weighted by Crippen LogP contribution is 2.31. The van der Waals surface area contributed by atoms with Crippen molar-refractivity contribution < 1.29 is 36.6 Å². The van der Waals surface area contributed by atoms with Crippen LogP contribution in [0.3, 0.4) is 0 Å². The van der Waals surface area contributed by atoms with Gasteiger partial charge in [0.1, 0.15) is 11.3 Å². The molecule has 0 aliphatic rings. The average molecular weight is 371 g/mol. The molecule has 0 saturated heterocycles. The van der Waals surface area contributed by atoms with Crippen molar-refractivity contribution in [2.75, 3.05) is 13.7 Å². The van der Waals surface area contributed by atoms with E-state index >= 15 is 0 Å². The van der Waals surface area contributed by atoms with Crippen molar-refractivity contribution in [3.63, 3.8) is 0 Å². The van der Waals surface area contributed by atoms with Crippen molar-refractivity contribution >= 4 is 11.9 Å². The number of hydrogen-bond donors (Lipinski definition) is 1. The van der Waals surface area contributed by atoms with Gasteiger partial charge in [0.15, 0.2) is 11.6 Å². The SMILES string of the molecule is CCNC(=O)c1c(F)c(F)c(OC(=O)c2cccc(OC)c2)c(F)c1F. The van der Waals surface area contributed by atoms with E-state index in [1.54, 1.807) is 0 Å². The zero-order valence-corrected chi connectivity index (χ0v) is 13.7. The fourth-order valence-corrected chi connectivity index (χ4v) is 2.05. The van der Waals surface area contributed by atoms with Crippen LogP contribution >= 0.6 is 0 Å². The third kappa shape index (κ3) is 3.61. The summed E-state index contributed by atoms with van der Waals surface area (Å²) in [4.78, 5) is 23.6. The maximum Gasteiger partial charge on any atom is 0.343 e. The summed E-state index contributed by atoms with van der Waals surface area (Å²) in [5.41, 5.74) is -1.61. The second-order valence-corrected chi connectivity index (χ2v) is 4.94. The lowest BCUT2D eigenvalue weighted by Crippen LogP contribution is -2.26. The standard InChI is InChI=1S/C17H13F4NO4/c1-3-22-16(23)10-11(18)13(20)15(14(21)12(10)19)26-17(24)8-5-4-6-9(7-8)25-2/h4-7H,3H2,1-2H3,(H,22,23). The average Bonchev–Trinajstić information content (AvgIpc) is 2.64. The first-order valence-electron chi connectivity index (χ1n) is 7.32. The van der Waals surface area contributed by atoms with Gasteiger partial charge < -0.3 is 14.8 Å². The van der Waals surface area contributed by atoms with E-state index < -0.39 is 46.5 Å². The number of amides is 1. The van der Waals surface area contributed by atoms with E-state index in [9.17, 15) is 27.2 Å². The van der Waals surface area contributed by atoms with E-state index in [2.05, 4.69) is 4.74 Å². The third-order valence-electron chi connectivity index (χ3n) is 3.29. The first-order valence-corrected chi connectivity index (χ1v) is 7.32. The van der Waals surface area contributed by atoms with Crippen molar-refractivity contribution in [1.29, 1.82) is 0 Å². The van der Waals surface area contributed by atoms with E-state index in [-0.39, 0.29) is 17.9 Å². The molecule has 0 heterocycles. The predicted molar refractivity (Wildman–Crippen MR) is 82.2 cm³/mol. The van der Waals surface area contributed by atoms with Crippen LogP contribution in [0.4, 0.5) is 17.6 Å². The largest absolute Gasteiger partial charge is 0.497 e. The molecular formula is C17H13F4NO4. The van der Waals surface area contributed by atoms with Gasteiger partial charge in [-0.2, -0.15) is 8.78 Å². The Bertz CT molecular complexity index is 841. The molecule has 0 aliphatic heterocycles. The Morgan fingerprint density at radius 2 is 1.65 bits per heavy atom. The Morgan fingerprint density at radius 1 is 1.04 bits per heavy atom. The Hall–Kier alpha value is -3.10. The lowest BCUT2D eigenvalue weighted by Gasteiger charge is -2.12. The van der Waals surface area contributed by atoms with Crippen molar-refractivity contribution in [3.05, 3.63) is 58.7 Å². The fraction of sp³-hybridized carbons (Fsp3) is 0.176. The summed E-state index contributed by atoms with van der Waals surface area (Å²) in [6.45, 7) is 1.43. The summed E-state index contributed by atoms with van der Waals surface area (Å²) in [6.07, 6.45) is 0. The van der Waals surface area contributed by atoms with Crippen molar-refractivity contribution in [3.8, 4) is 11.5 Å². The summed E-state index contributed by atoms with van der Waals surface area (Å²) in [5, 5.41) is 2.02. The number of benzene rings is 2. The lowest BCUT2D eigenvalue weighted by atomic mass is 10.1. The second kappa shape index (κ2) is 7.85. The van der Waals surface area contributed by atoms with Crippen LogP contribution in [-0.4, -0.2) is 25.5 Å². The van der Waals surface area contributed by atoms with Gasteiger partial charge in [0.2, 0.25) is 17.4 Å². The number of methoxy groups -OCH3 is 1. The zero-order chi connectivity index (χ0) is 19.4. The van der Waals surface area contributed by atoms with Crippen molar-refractivity contribution in [2.45, 2.75) is 6.92 Å². The molecule has 0 unspecified atom stereocenters. The van der Waals surface area contributed by atoms with E-state index in [1.807, 2.05) is 5.32 Å². The van der Waals surface area contributed by atoms with Gasteiger partial charge in [-0.15, -0.1) is 0 Å². The minimum atomic E-state index is -2.00. The van der Waals surface area contributed by atoms with Gasteiger partial charge in [-0.1, -0.05) is 6.07 Å². The molecule has 138 valence electrons. The molecule has 9 heteroatoms. The van der Waals surface area contributed by atoms with Crippen LogP contribution in [0, 0.1) is 23.3 Å². The molecule has 0 bridgehead atoms. The summed E-state index contributed by atoms with van der Waals surface area (Å²) in [6, 6.07) is 5.35. The molecule has 2 rings (SSSR count). The molecule has 2 aromatic rings. The van der Waals surface area contributed by atoms with Crippen molar-refractivity contribution in [2.24, 2.45) is 0 Å². The molecule has 26 heavy (non-hydrogen) atoms. The van der Waals surface area contributed by atoms with Gasteiger partial charge in [-0.3, -0.25) is 4.79 Å². The third-order valence-corrected chi connectivity index (χ3v) is 3.29. The fourth-order valence-electron chi connectivity index (χ4n) is 2.05. The number of carbonyl (C=O) groups is 2. The first-order chi connectivity index (χ1) is 12.3. The summed E-state index contributed by atoms with van der Waals surface area (Å²) >= 11 is 0. The molecule has 2 aromatic carbocycles. The molecular weight excluding hydrogens is 358 g/mol. The summed E-state index contributed by atoms with van der Waals surface area (Å²) < 4.78 is 65.5. The lowest BCUT2D eigenvalue weighted by molar-refractivity contribution is 0.0717. The molecule has 0 aromatic heterocycles. The molecule has 0 spiro atoms. The van der Waals surface area contributed by atoms with E-state index in [0.717, 1.165) is 0 Å². The monoisotopic (exact) mass is 371 g/mol. The summed E-state index contributed by atoms with van der Waals surface area (Å²) in [7, 11) is 1.33. The number of ether oxygens (including phenoxy) is 2. The molecule has 1 amide bonds. The minimum Gasteiger partial charge on any atom is -0.497 e. The second-order valence-electron chi connectivity index (χ2n) is 4.94. The van der Waals surface area contributed by atoms with Gasteiger partial charge in [0.25, 0.3) is 5.91 Å². The maximum atomic E-state index is 14.1. The Balaban J connectivity index is 2.44. The summed E-state index contributed by atoms with van der Waals surface area (Å²) in [5.74, 6) is -11.9. The Morgan fingerprint density at radius 3 is 2.19 bits per heavy atom. The zero-order valence-electron chi connectivity index (χ0n) is 13.7. The highest BCUT2D eigenvalue weighted by atomic mass is 19.2. The van der Waals surface area contributed by atoms with E-state index in [0.29, 0.717) is 0 Å². The van der Waals surface area contributed by atoms with Crippen LogP contribution in [0.15, 0.2) is 24.3 Å². The van der Waals surface area contributed by atoms with Gasteiger partial charge in [-0.05, 0) is 25.1 Å². The topological polar surface area (TPSA) is 64.6 Å². The van der Waals surface area contributed by atoms with E-state index in [4.69, 9.17) is 4.74 Å². The number of hydrogen-bond acceptors (Lipinski definition) is 4. The molecule has 0 radical (unpaired) electrons. The van der Waals surface area contributed by atoms with Gasteiger partial charge >= 0.3 is 5.97 Å². The van der Waals surface area contributed by atoms with Crippen LogP contribution in [0.25, 0.3) is 0 Å². The molecule has 0 fully saturated rings. The first kappa shape index (κ1) is 19.2. The van der Waals surface area contributed by atoms with Crippen molar-refractivity contribution in [1.82, 2.24) is 5.32 Å². The Kier molecular flexibility index (Phi) is 5.81. The molecule has 0 aliphatic carbocycles.